The topological polar surface area (TPSA) is 128 Å². The summed E-state index contributed by atoms with van der Waals surface area (Å²) in [7, 11) is 0. The van der Waals surface area contributed by atoms with Crippen LogP contribution < -0.4 is 67.3 Å². The Morgan fingerprint density at radius 3 is 2.03 bits per heavy atom. The number of hydrogen-bond donors (Lipinski definition) is 3. The van der Waals surface area contributed by atoms with E-state index in [9.17, 15) is 24.0 Å². The standard InChI is InChI=1S/C15H28N3O2.C8H9N2O3.K/c1-4-9-16-14(19)8-10-17-15(20)11-18-12(2)6-5-7-13(18)3;1-6(11)9-4-5-10-7(12)2-3-8(10)13;/h12-13H,1,4-11H2,2-3H3,(H,16,19)(H,17,20);2-3H,1,4-5H2,(H,9,11);/q2*-1;+1. The Kier molecular flexibility index (Phi) is 17.4. The van der Waals surface area contributed by atoms with Crippen LogP contribution in [0, 0.1) is 13.8 Å². The molecule has 2 heterocycles. The van der Waals surface area contributed by atoms with Gasteiger partial charge >= 0.3 is 51.4 Å². The summed E-state index contributed by atoms with van der Waals surface area (Å²) in [6.07, 6.45) is 6.98. The number of carbonyl (C=O) groups excluding carboxylic acids is 5. The molecule has 2 aliphatic heterocycles. The molecule has 186 valence electrons. The molecular weight excluding hydrogens is 465 g/mol. The average molecular weight is 503 g/mol. The maximum atomic E-state index is 11.9. The number of rotatable bonds is 10. The van der Waals surface area contributed by atoms with E-state index in [1.165, 1.54) is 18.6 Å². The Morgan fingerprint density at radius 2 is 1.50 bits per heavy atom. The van der Waals surface area contributed by atoms with Crippen molar-refractivity contribution in [1.82, 2.24) is 25.8 Å². The summed E-state index contributed by atoms with van der Waals surface area (Å²) in [5, 5.41) is 7.95. The molecule has 3 N–H and O–H groups in total. The first-order chi connectivity index (χ1) is 15.6. The van der Waals surface area contributed by atoms with E-state index in [1.807, 2.05) is 0 Å². The predicted molar refractivity (Wildman–Crippen MR) is 124 cm³/mol. The van der Waals surface area contributed by atoms with Gasteiger partial charge in [0.25, 0.3) is 11.8 Å². The third-order valence-electron chi connectivity index (χ3n) is 5.43. The molecule has 0 bridgehead atoms. The molecule has 2 atom stereocenters. The molecule has 0 aliphatic carbocycles. The van der Waals surface area contributed by atoms with Gasteiger partial charge in [-0.15, -0.1) is 0 Å². The van der Waals surface area contributed by atoms with Gasteiger partial charge in [-0.2, -0.15) is 6.42 Å². The van der Waals surface area contributed by atoms with Gasteiger partial charge < -0.3 is 34.6 Å². The molecular formula is C23H37KN5O5-. The van der Waals surface area contributed by atoms with Crippen molar-refractivity contribution < 1.29 is 75.4 Å². The zero-order chi connectivity index (χ0) is 24.8. The van der Waals surface area contributed by atoms with Crippen LogP contribution in [-0.4, -0.2) is 84.1 Å². The van der Waals surface area contributed by atoms with Crippen LogP contribution >= 0.6 is 0 Å². The summed E-state index contributed by atoms with van der Waals surface area (Å²) in [4.78, 5) is 58.8. The maximum absolute atomic E-state index is 11.9. The number of nitrogens with zero attached hydrogens (tertiary/aromatic N) is 2. The van der Waals surface area contributed by atoms with Crippen molar-refractivity contribution in [2.45, 2.75) is 58.0 Å². The molecule has 0 radical (unpaired) electrons. The summed E-state index contributed by atoms with van der Waals surface area (Å²) in [5.74, 6) is -1.14. The van der Waals surface area contributed by atoms with Crippen molar-refractivity contribution in [3.8, 4) is 0 Å². The van der Waals surface area contributed by atoms with E-state index in [4.69, 9.17) is 0 Å². The molecule has 34 heavy (non-hydrogen) atoms. The molecule has 0 aromatic rings. The van der Waals surface area contributed by atoms with Crippen molar-refractivity contribution in [3.05, 3.63) is 26.0 Å². The van der Waals surface area contributed by atoms with Gasteiger partial charge in [0.2, 0.25) is 11.8 Å². The van der Waals surface area contributed by atoms with Crippen molar-refractivity contribution in [2.75, 3.05) is 32.7 Å². The number of carbonyl (C=O) groups is 5. The number of likely N-dealkylation sites (tertiary alicyclic amines) is 1. The van der Waals surface area contributed by atoms with Crippen LogP contribution in [0.15, 0.2) is 12.2 Å². The molecule has 2 unspecified atom stereocenters. The normalized spacial score (nSPS) is 19.6. The van der Waals surface area contributed by atoms with Crippen LogP contribution in [0.1, 0.15) is 46.0 Å². The SMILES string of the molecule is [CH2-]C(=O)NCCN1C(=O)C=CC1=O.[CH2-]CCNC(=O)CCNC(=O)CN1C(C)CCCC1C.[K+]. The quantitative estimate of drug-likeness (QED) is 0.166. The van der Waals surface area contributed by atoms with Crippen molar-refractivity contribution >= 4 is 29.5 Å². The molecule has 2 rings (SSSR count). The minimum Gasteiger partial charge on any atom is -0.379 e. The Hall–Kier alpha value is -1.24. The molecule has 1 fully saturated rings. The fourth-order valence-electron chi connectivity index (χ4n) is 3.60. The second-order valence-corrected chi connectivity index (χ2v) is 8.12. The van der Waals surface area contributed by atoms with Crippen LogP contribution in [0.2, 0.25) is 0 Å². The van der Waals surface area contributed by atoms with Crippen molar-refractivity contribution in [2.24, 2.45) is 0 Å². The van der Waals surface area contributed by atoms with Crippen LogP contribution in [0.4, 0.5) is 0 Å². The van der Waals surface area contributed by atoms with Crippen LogP contribution in [0.25, 0.3) is 0 Å². The van der Waals surface area contributed by atoms with Crippen LogP contribution in [0.3, 0.4) is 0 Å². The summed E-state index contributed by atoms with van der Waals surface area (Å²) in [6.45, 7) is 12.9. The summed E-state index contributed by atoms with van der Waals surface area (Å²) in [5.41, 5.74) is 0. The molecule has 0 aromatic carbocycles. The minimum absolute atomic E-state index is 0. The molecule has 0 aromatic heterocycles. The molecule has 5 amide bonds. The van der Waals surface area contributed by atoms with E-state index in [0.29, 0.717) is 44.6 Å². The first kappa shape index (κ1) is 32.8. The Morgan fingerprint density at radius 1 is 0.941 bits per heavy atom. The number of nitrogens with one attached hydrogen (secondary N) is 3. The molecule has 0 saturated carbocycles. The molecule has 11 heteroatoms. The van der Waals surface area contributed by atoms with E-state index >= 15 is 0 Å². The van der Waals surface area contributed by atoms with Crippen LogP contribution in [0.5, 0.6) is 0 Å². The fraction of sp³-hybridized carbons (Fsp3) is 0.609. The Bertz CT molecular complexity index is 703. The van der Waals surface area contributed by atoms with E-state index in [0.717, 1.165) is 17.7 Å². The molecule has 1 saturated heterocycles. The average Bonchev–Trinajstić information content (AvgIpc) is 3.07. The molecule has 2 aliphatic rings. The summed E-state index contributed by atoms with van der Waals surface area (Å²) < 4.78 is 0. The first-order valence-corrected chi connectivity index (χ1v) is 11.4. The van der Waals surface area contributed by atoms with Gasteiger partial charge in [-0.05, 0) is 33.2 Å². The van der Waals surface area contributed by atoms with Crippen molar-refractivity contribution in [1.29, 1.82) is 0 Å². The van der Waals surface area contributed by atoms with E-state index in [-0.39, 0.29) is 88.1 Å². The van der Waals surface area contributed by atoms with E-state index in [2.05, 4.69) is 48.5 Å². The summed E-state index contributed by atoms with van der Waals surface area (Å²) in [6, 6.07) is 0.926. The largest absolute Gasteiger partial charge is 1.00 e. The number of imide groups is 1. The van der Waals surface area contributed by atoms with Gasteiger partial charge in [0.05, 0.1) is 12.5 Å². The monoisotopic (exact) mass is 502 g/mol. The Balaban J connectivity index is 0.000000676. The summed E-state index contributed by atoms with van der Waals surface area (Å²) >= 11 is 0. The predicted octanol–water partition coefficient (Wildman–Crippen LogP) is -3.04. The number of piperidine rings is 1. The third-order valence-corrected chi connectivity index (χ3v) is 5.43. The van der Waals surface area contributed by atoms with Crippen molar-refractivity contribution in [3.63, 3.8) is 0 Å². The second kappa shape index (κ2) is 18.1. The van der Waals surface area contributed by atoms with E-state index in [1.54, 1.807) is 0 Å². The van der Waals surface area contributed by atoms with E-state index < -0.39 is 5.91 Å². The van der Waals surface area contributed by atoms with Gasteiger partial charge in [-0.1, -0.05) is 6.42 Å². The second-order valence-electron chi connectivity index (χ2n) is 8.12. The fourth-order valence-corrected chi connectivity index (χ4v) is 3.60. The number of hydrogen-bond acceptors (Lipinski definition) is 6. The minimum atomic E-state index is -0.424. The first-order valence-electron chi connectivity index (χ1n) is 11.4. The van der Waals surface area contributed by atoms with Gasteiger partial charge in [0.1, 0.15) is 0 Å². The molecule has 0 spiro atoms. The van der Waals surface area contributed by atoms with Gasteiger partial charge in [0.15, 0.2) is 0 Å². The Labute approximate surface area is 245 Å². The van der Waals surface area contributed by atoms with Crippen LogP contribution in [-0.2, 0) is 24.0 Å². The van der Waals surface area contributed by atoms with Gasteiger partial charge in [-0.25, -0.2) is 0 Å². The smallest absolute Gasteiger partial charge is 0.379 e. The van der Waals surface area contributed by atoms with Gasteiger partial charge in [0, 0.05) is 50.3 Å². The number of amides is 5. The zero-order valence-corrected chi connectivity index (χ0v) is 23.9. The third kappa shape index (κ3) is 13.0. The van der Waals surface area contributed by atoms with Gasteiger partial charge in [-0.3, -0.25) is 29.0 Å². The zero-order valence-electron chi connectivity index (χ0n) is 20.7. The molecule has 10 nitrogen and oxygen atoms in total. The maximum Gasteiger partial charge on any atom is 1.00 e.